The van der Waals surface area contributed by atoms with Gasteiger partial charge in [-0.25, -0.2) is 0 Å². The van der Waals surface area contributed by atoms with Gasteiger partial charge in [0.15, 0.2) is 0 Å². The molecule has 1 atom stereocenters. The quantitative estimate of drug-likeness (QED) is 0.728. The number of alkyl halides is 3. The van der Waals surface area contributed by atoms with Crippen LogP contribution in [0.1, 0.15) is 11.7 Å². The molecule has 4 heteroatoms. The van der Waals surface area contributed by atoms with Crippen LogP contribution in [0.5, 0.6) is 0 Å². The fourth-order valence-corrected chi connectivity index (χ4v) is 1.20. The summed E-state index contributed by atoms with van der Waals surface area (Å²) >= 11 is 16.5. The first-order valence-corrected chi connectivity index (χ1v) is 4.45. The Morgan fingerprint density at radius 1 is 1.08 bits per heavy atom. The minimum absolute atomic E-state index is 0.595. The summed E-state index contributed by atoms with van der Waals surface area (Å²) in [5.41, 5.74) is 0.595. The number of benzene rings is 1. The largest absolute Gasteiger partial charge is 0.384 e. The summed E-state index contributed by atoms with van der Waals surface area (Å²) in [5.74, 6) is 0. The lowest BCUT2D eigenvalue weighted by atomic mass is 10.1. The van der Waals surface area contributed by atoms with E-state index in [1.807, 2.05) is 6.07 Å². The minimum atomic E-state index is -1.67. The number of hydrogen-bond donors (Lipinski definition) is 1. The fourth-order valence-electron chi connectivity index (χ4n) is 0.824. The highest BCUT2D eigenvalue weighted by Crippen LogP contribution is 2.39. The second kappa shape index (κ2) is 3.84. The highest BCUT2D eigenvalue weighted by atomic mass is 35.6. The van der Waals surface area contributed by atoms with Crippen LogP contribution in [0.2, 0.25) is 0 Å². The molecule has 66 valence electrons. The summed E-state index contributed by atoms with van der Waals surface area (Å²) in [5, 5.41) is 9.46. The molecule has 0 saturated carbocycles. The van der Waals surface area contributed by atoms with Crippen LogP contribution in [0.15, 0.2) is 30.3 Å². The van der Waals surface area contributed by atoms with Gasteiger partial charge in [0.25, 0.3) is 0 Å². The Labute approximate surface area is 85.9 Å². The Bertz CT molecular complexity index is 242. The third kappa shape index (κ3) is 2.53. The summed E-state index contributed by atoms with van der Waals surface area (Å²) in [4.78, 5) is 0. The van der Waals surface area contributed by atoms with Crippen LogP contribution < -0.4 is 0 Å². The first-order valence-electron chi connectivity index (χ1n) is 3.31. The number of halogens is 3. The second-order valence-electron chi connectivity index (χ2n) is 2.35. The molecule has 1 nitrogen and oxygen atoms in total. The van der Waals surface area contributed by atoms with Crippen molar-refractivity contribution in [1.82, 2.24) is 0 Å². The molecular weight excluding hydrogens is 218 g/mol. The normalized spacial score (nSPS) is 14.3. The maximum atomic E-state index is 9.46. The molecule has 0 aliphatic carbocycles. The van der Waals surface area contributed by atoms with E-state index >= 15 is 0 Å². The van der Waals surface area contributed by atoms with Gasteiger partial charge in [0.1, 0.15) is 6.10 Å². The third-order valence-electron chi connectivity index (χ3n) is 1.43. The Morgan fingerprint density at radius 3 is 2.00 bits per heavy atom. The summed E-state index contributed by atoms with van der Waals surface area (Å²) in [6, 6.07) is 8.78. The summed E-state index contributed by atoms with van der Waals surface area (Å²) in [6.07, 6.45) is -1.08. The average Bonchev–Trinajstić information content (AvgIpc) is 2.03. The lowest BCUT2D eigenvalue weighted by molar-refractivity contribution is 0.182. The van der Waals surface area contributed by atoms with Crippen molar-refractivity contribution in [2.24, 2.45) is 0 Å². The van der Waals surface area contributed by atoms with Crippen LogP contribution in [0.3, 0.4) is 0 Å². The van der Waals surface area contributed by atoms with Gasteiger partial charge < -0.3 is 5.11 Å². The molecule has 0 unspecified atom stereocenters. The van der Waals surface area contributed by atoms with Crippen molar-refractivity contribution in [1.29, 1.82) is 0 Å². The minimum Gasteiger partial charge on any atom is -0.384 e. The van der Waals surface area contributed by atoms with Gasteiger partial charge in [-0.1, -0.05) is 65.1 Å². The zero-order valence-corrected chi connectivity index (χ0v) is 8.31. The highest BCUT2D eigenvalue weighted by Gasteiger charge is 2.31. The first-order chi connectivity index (χ1) is 5.52. The van der Waals surface area contributed by atoms with Crippen molar-refractivity contribution in [3.05, 3.63) is 35.9 Å². The molecule has 1 aromatic carbocycles. The van der Waals surface area contributed by atoms with E-state index in [9.17, 15) is 5.11 Å². The molecule has 0 spiro atoms. The van der Waals surface area contributed by atoms with Crippen molar-refractivity contribution in [3.63, 3.8) is 0 Å². The molecule has 0 fully saturated rings. The zero-order valence-electron chi connectivity index (χ0n) is 6.05. The molecule has 0 bridgehead atoms. The van der Waals surface area contributed by atoms with Crippen LogP contribution in [-0.2, 0) is 0 Å². The smallest absolute Gasteiger partial charge is 0.220 e. The first kappa shape index (κ1) is 10.1. The molecule has 0 aliphatic heterocycles. The van der Waals surface area contributed by atoms with E-state index in [4.69, 9.17) is 34.8 Å². The van der Waals surface area contributed by atoms with E-state index in [1.165, 1.54) is 0 Å². The Balaban J connectivity index is 2.86. The SMILES string of the molecule is O[C@@H](c1ccccc1)C(Cl)(Cl)Cl. The number of hydrogen-bond acceptors (Lipinski definition) is 1. The molecule has 0 aromatic heterocycles. The van der Waals surface area contributed by atoms with Gasteiger partial charge in [-0.05, 0) is 5.56 Å². The van der Waals surface area contributed by atoms with Crippen molar-refractivity contribution < 1.29 is 5.11 Å². The molecule has 1 aromatic rings. The van der Waals surface area contributed by atoms with Crippen molar-refractivity contribution >= 4 is 34.8 Å². The molecular formula is C8H7Cl3O. The van der Waals surface area contributed by atoms with E-state index < -0.39 is 9.90 Å². The van der Waals surface area contributed by atoms with Gasteiger partial charge in [0, 0.05) is 0 Å². The van der Waals surface area contributed by atoms with Gasteiger partial charge >= 0.3 is 0 Å². The van der Waals surface area contributed by atoms with E-state index in [0.717, 1.165) is 0 Å². The topological polar surface area (TPSA) is 20.2 Å². The molecule has 0 aliphatic rings. The van der Waals surface area contributed by atoms with Crippen molar-refractivity contribution in [2.75, 3.05) is 0 Å². The van der Waals surface area contributed by atoms with Crippen LogP contribution in [0, 0.1) is 0 Å². The van der Waals surface area contributed by atoms with Crippen LogP contribution in [0.4, 0.5) is 0 Å². The molecule has 0 radical (unpaired) electrons. The van der Waals surface area contributed by atoms with Gasteiger partial charge in [-0.2, -0.15) is 0 Å². The van der Waals surface area contributed by atoms with Crippen molar-refractivity contribution in [3.8, 4) is 0 Å². The Morgan fingerprint density at radius 2 is 1.58 bits per heavy atom. The Kier molecular flexibility index (Phi) is 3.24. The van der Waals surface area contributed by atoms with Gasteiger partial charge in [-0.3, -0.25) is 0 Å². The number of aliphatic hydroxyl groups excluding tert-OH is 1. The molecule has 0 amide bonds. The zero-order chi connectivity index (χ0) is 9.19. The van der Waals surface area contributed by atoms with Gasteiger partial charge in [-0.15, -0.1) is 0 Å². The predicted molar refractivity (Wildman–Crippen MR) is 51.7 cm³/mol. The maximum Gasteiger partial charge on any atom is 0.220 e. The lowest BCUT2D eigenvalue weighted by Gasteiger charge is -2.18. The summed E-state index contributed by atoms with van der Waals surface area (Å²) in [6.45, 7) is 0. The van der Waals surface area contributed by atoms with Crippen LogP contribution >= 0.6 is 34.8 Å². The van der Waals surface area contributed by atoms with Gasteiger partial charge in [0.2, 0.25) is 3.79 Å². The van der Waals surface area contributed by atoms with Gasteiger partial charge in [0.05, 0.1) is 0 Å². The summed E-state index contributed by atoms with van der Waals surface area (Å²) in [7, 11) is 0. The molecule has 0 saturated heterocycles. The predicted octanol–water partition coefficient (Wildman–Crippen LogP) is 3.09. The van der Waals surface area contributed by atoms with E-state index in [1.54, 1.807) is 24.3 Å². The van der Waals surface area contributed by atoms with Crippen LogP contribution in [-0.4, -0.2) is 8.90 Å². The van der Waals surface area contributed by atoms with Crippen molar-refractivity contribution in [2.45, 2.75) is 9.90 Å². The van der Waals surface area contributed by atoms with E-state index in [-0.39, 0.29) is 0 Å². The number of rotatable bonds is 1. The van der Waals surface area contributed by atoms with E-state index in [0.29, 0.717) is 5.56 Å². The average molecular weight is 226 g/mol. The number of aliphatic hydroxyl groups is 1. The summed E-state index contributed by atoms with van der Waals surface area (Å²) < 4.78 is -1.67. The highest BCUT2D eigenvalue weighted by molar-refractivity contribution is 6.68. The monoisotopic (exact) mass is 224 g/mol. The Hall–Kier alpha value is 0.0500. The molecule has 1 rings (SSSR count). The fraction of sp³-hybridized carbons (Fsp3) is 0.250. The standard InChI is InChI=1S/C8H7Cl3O/c9-8(10,11)7(12)6-4-2-1-3-5-6/h1-5,7,12H/t7-/m0/s1. The second-order valence-corrected chi connectivity index (χ2v) is 4.72. The van der Waals surface area contributed by atoms with Crippen LogP contribution in [0.25, 0.3) is 0 Å². The third-order valence-corrected chi connectivity index (χ3v) is 2.05. The van der Waals surface area contributed by atoms with E-state index in [2.05, 4.69) is 0 Å². The molecule has 1 N–H and O–H groups in total. The maximum absolute atomic E-state index is 9.46. The molecule has 12 heavy (non-hydrogen) atoms. The lowest BCUT2D eigenvalue weighted by Crippen LogP contribution is -2.15. The molecule has 0 heterocycles.